The summed E-state index contributed by atoms with van der Waals surface area (Å²) in [7, 11) is -1.74. The number of nitrogens with zero attached hydrogens (tertiary/aromatic N) is 2. The number of nitrogens with one attached hydrogen (secondary N) is 1. The number of halogens is 7. The molecule has 314 valence electrons. The summed E-state index contributed by atoms with van der Waals surface area (Å²) < 4.78 is 125. The Labute approximate surface area is 328 Å². The molecule has 4 atom stereocenters. The number of hydrogen-bond donors (Lipinski definition) is 1. The van der Waals surface area contributed by atoms with Crippen LogP contribution in [0.15, 0.2) is 48.2 Å². The highest BCUT2D eigenvalue weighted by molar-refractivity contribution is 7.84. The van der Waals surface area contributed by atoms with E-state index in [9.17, 15) is 44.5 Å². The number of esters is 1. The molecule has 1 heterocycles. The molecule has 2 aromatic carbocycles. The molecular formula is C39H54F7N3O5SSi. The van der Waals surface area contributed by atoms with Gasteiger partial charge in [-0.15, -0.1) is 0 Å². The highest BCUT2D eigenvalue weighted by Crippen LogP contribution is 2.44. The number of ether oxygens (including phenoxy) is 1. The van der Waals surface area contributed by atoms with Gasteiger partial charge in [0.1, 0.15) is 5.82 Å². The number of urea groups is 1. The predicted molar refractivity (Wildman–Crippen MR) is 205 cm³/mol. The number of alkyl halides is 6. The van der Waals surface area contributed by atoms with E-state index in [0.29, 0.717) is 23.3 Å². The van der Waals surface area contributed by atoms with Crippen molar-refractivity contribution < 1.29 is 53.7 Å². The molecule has 1 aliphatic rings. The summed E-state index contributed by atoms with van der Waals surface area (Å²) in [6.45, 7) is 18.2. The number of amides is 2. The largest absolute Gasteiger partial charge is 0.539 e. The zero-order valence-electron chi connectivity index (χ0n) is 34.0. The second-order valence-corrected chi connectivity index (χ2v) is 23.7. The first-order chi connectivity index (χ1) is 25.3. The van der Waals surface area contributed by atoms with Crippen LogP contribution in [0.1, 0.15) is 108 Å². The maximum atomic E-state index is 14.5. The van der Waals surface area contributed by atoms with Gasteiger partial charge in [0.25, 0.3) is 8.32 Å². The Hall–Kier alpha value is -3.44. The minimum atomic E-state index is -5.09. The number of rotatable bonds is 10. The number of piperidine rings is 1. The molecule has 0 saturated carbocycles. The van der Waals surface area contributed by atoms with Crippen molar-refractivity contribution in [3.63, 3.8) is 0 Å². The van der Waals surface area contributed by atoms with Crippen LogP contribution < -0.4 is 4.72 Å². The summed E-state index contributed by atoms with van der Waals surface area (Å²) in [5.74, 6) is -1.27. The Morgan fingerprint density at radius 1 is 1.02 bits per heavy atom. The number of hydrogen-bond acceptors (Lipinski definition) is 5. The minimum absolute atomic E-state index is 0.0253. The number of benzene rings is 2. The van der Waals surface area contributed by atoms with Crippen molar-refractivity contribution >= 4 is 31.3 Å². The summed E-state index contributed by atoms with van der Waals surface area (Å²) >= 11 is 0. The molecule has 8 nitrogen and oxygen atoms in total. The first-order valence-corrected chi connectivity index (χ1v) is 22.2. The van der Waals surface area contributed by atoms with E-state index in [2.05, 4.69) is 4.72 Å². The van der Waals surface area contributed by atoms with Gasteiger partial charge in [0.2, 0.25) is 0 Å². The number of likely N-dealkylation sites (tertiary alicyclic amines) is 1. The lowest BCUT2D eigenvalue weighted by Gasteiger charge is -2.49. The molecular weight excluding hydrogens is 784 g/mol. The fourth-order valence-electron chi connectivity index (χ4n) is 6.06. The zero-order valence-corrected chi connectivity index (χ0v) is 35.8. The summed E-state index contributed by atoms with van der Waals surface area (Å²) in [6.07, 6.45) is -8.31. The molecule has 0 aliphatic carbocycles. The third kappa shape index (κ3) is 11.1. The molecule has 1 N–H and O–H groups in total. The Bertz CT molecular complexity index is 1790. The van der Waals surface area contributed by atoms with E-state index in [4.69, 9.17) is 9.16 Å². The van der Waals surface area contributed by atoms with Crippen LogP contribution in [0.3, 0.4) is 0 Å². The second-order valence-electron chi connectivity index (χ2n) is 17.0. The van der Waals surface area contributed by atoms with Crippen LogP contribution >= 0.6 is 0 Å². The maximum absolute atomic E-state index is 14.5. The molecule has 3 rings (SSSR count). The van der Waals surface area contributed by atoms with Crippen molar-refractivity contribution in [1.29, 1.82) is 0 Å². The fraction of sp³-hybridized carbons (Fsp3) is 0.590. The second kappa shape index (κ2) is 16.8. The van der Waals surface area contributed by atoms with Gasteiger partial charge in [-0.25, -0.2) is 22.9 Å². The Balaban J connectivity index is 2.18. The third-order valence-corrected chi connectivity index (χ3v) is 16.8. The molecule has 2 amide bonds. The molecule has 1 aliphatic heterocycles. The van der Waals surface area contributed by atoms with Gasteiger partial charge >= 0.3 is 24.4 Å². The van der Waals surface area contributed by atoms with Crippen molar-refractivity contribution in [2.24, 2.45) is 0 Å². The Kier molecular flexibility index (Phi) is 14.1. The van der Waals surface area contributed by atoms with Crippen LogP contribution in [0.2, 0.25) is 18.1 Å². The van der Waals surface area contributed by atoms with Gasteiger partial charge in [0.15, 0.2) is 5.76 Å². The minimum Gasteiger partial charge on any atom is -0.539 e. The van der Waals surface area contributed by atoms with Crippen LogP contribution in [0, 0.1) is 12.7 Å². The molecule has 2 aromatic rings. The first-order valence-electron chi connectivity index (χ1n) is 18.1. The van der Waals surface area contributed by atoms with Crippen LogP contribution in [-0.2, 0) is 37.3 Å². The van der Waals surface area contributed by atoms with E-state index in [-0.39, 0.29) is 48.2 Å². The SMILES string of the molecule is COC(=O)/C(=C/C[C@]1(NS(=O)C(C)(C)C)CCN(C(=O)N(C)[C@H](C)c2cc(C(F)(F)F)cc(C(F)(F)F)c2)[C@@H](c2ccc(F)cc2C)C1)O[Si](C)(C)C(C)(C)C. The highest BCUT2D eigenvalue weighted by atomic mass is 32.2. The quantitative estimate of drug-likeness (QED) is 0.0847. The van der Waals surface area contributed by atoms with Crippen molar-refractivity contribution in [2.75, 3.05) is 20.7 Å². The lowest BCUT2D eigenvalue weighted by molar-refractivity contribution is -0.143. The standard InChI is InChI=1S/C39H54F7N3O5SSi/c1-24-19-29(40)13-14-30(24)31-23-37(47-55(52)35(3,4)5,16-15-32(33(50)53-10)54-56(11,12)36(6,7)8)17-18-49(31)34(51)48(9)25(2)26-20-27(38(41,42)43)22-28(21-26)39(44,45)46/h13-15,19-22,25,31,47H,16-18,23H2,1-12H3/b32-15-/t25-,31-,37+,55?/m1/s1. The van der Waals surface area contributed by atoms with Gasteiger partial charge in [-0.05, 0) is 125 Å². The monoisotopic (exact) mass is 837 g/mol. The predicted octanol–water partition coefficient (Wildman–Crippen LogP) is 10.4. The van der Waals surface area contributed by atoms with Crippen molar-refractivity contribution in [3.8, 4) is 0 Å². The lowest BCUT2D eigenvalue weighted by atomic mass is 9.78. The number of methoxy groups -OCH3 is 1. The van der Waals surface area contributed by atoms with Crippen LogP contribution in [0.5, 0.6) is 0 Å². The van der Waals surface area contributed by atoms with Gasteiger partial charge in [-0.2, -0.15) is 26.3 Å². The normalized spacial score (nSPS) is 20.0. The summed E-state index contributed by atoms with van der Waals surface area (Å²) in [4.78, 5) is 30.0. The number of carbonyl (C=O) groups is 2. The molecule has 0 aromatic heterocycles. The van der Waals surface area contributed by atoms with Gasteiger partial charge in [-0.1, -0.05) is 26.8 Å². The molecule has 0 radical (unpaired) electrons. The third-order valence-electron chi connectivity index (χ3n) is 10.7. The Morgan fingerprint density at radius 2 is 1.57 bits per heavy atom. The average Bonchev–Trinajstić information content (AvgIpc) is 3.06. The van der Waals surface area contributed by atoms with E-state index in [0.717, 1.165) is 4.90 Å². The summed E-state index contributed by atoms with van der Waals surface area (Å²) in [5.41, 5.74) is -3.49. The first kappa shape index (κ1) is 46.9. The number of carbonyl (C=O) groups excluding carboxylic acids is 2. The fourth-order valence-corrected chi connectivity index (χ4v) is 8.05. The maximum Gasteiger partial charge on any atom is 0.416 e. The van der Waals surface area contributed by atoms with Crippen LogP contribution in [0.25, 0.3) is 0 Å². The molecule has 1 saturated heterocycles. The van der Waals surface area contributed by atoms with E-state index in [1.807, 2.05) is 33.9 Å². The van der Waals surface area contributed by atoms with Crippen molar-refractivity contribution in [1.82, 2.24) is 14.5 Å². The molecule has 56 heavy (non-hydrogen) atoms. The molecule has 17 heteroatoms. The van der Waals surface area contributed by atoms with Crippen LogP contribution in [0.4, 0.5) is 35.5 Å². The molecule has 0 spiro atoms. The topological polar surface area (TPSA) is 88.2 Å². The smallest absolute Gasteiger partial charge is 0.416 e. The summed E-state index contributed by atoms with van der Waals surface area (Å²) in [5, 5.41) is -0.285. The van der Waals surface area contributed by atoms with E-state index in [1.54, 1.807) is 33.8 Å². The molecule has 0 bridgehead atoms. The Morgan fingerprint density at radius 3 is 2.04 bits per heavy atom. The lowest BCUT2D eigenvalue weighted by Crippen LogP contribution is -2.59. The van der Waals surface area contributed by atoms with Gasteiger partial charge in [0.05, 0.1) is 46.1 Å². The van der Waals surface area contributed by atoms with Crippen LogP contribution in [-0.4, -0.2) is 65.3 Å². The van der Waals surface area contributed by atoms with Gasteiger partial charge in [-0.3, -0.25) is 0 Å². The van der Waals surface area contributed by atoms with Gasteiger partial charge in [0, 0.05) is 19.1 Å². The van der Waals surface area contributed by atoms with E-state index in [1.165, 1.54) is 44.2 Å². The molecule has 1 unspecified atom stereocenters. The highest BCUT2D eigenvalue weighted by Gasteiger charge is 2.47. The van der Waals surface area contributed by atoms with Crippen molar-refractivity contribution in [3.05, 3.63) is 81.9 Å². The zero-order chi connectivity index (χ0) is 43.0. The summed E-state index contributed by atoms with van der Waals surface area (Å²) in [6, 6.07) is 2.40. The average molecular weight is 838 g/mol. The van der Waals surface area contributed by atoms with E-state index < -0.39 is 83.0 Å². The number of aryl methyl sites for hydroxylation is 1. The van der Waals surface area contributed by atoms with E-state index >= 15 is 0 Å². The van der Waals surface area contributed by atoms with Gasteiger partial charge < -0.3 is 19.0 Å². The van der Waals surface area contributed by atoms with Crippen molar-refractivity contribution in [2.45, 2.75) is 128 Å². The molecule has 1 fully saturated rings.